The molecule has 0 fully saturated rings. The minimum atomic E-state index is 0.239. The number of hydrogen-bond acceptors (Lipinski definition) is 5. The number of aromatic nitrogens is 2. The van der Waals surface area contributed by atoms with Crippen LogP contribution < -0.4 is 5.73 Å². The maximum absolute atomic E-state index is 9.27. The molecule has 3 N–H and O–H groups in total. The van der Waals surface area contributed by atoms with Gasteiger partial charge >= 0.3 is 0 Å². The Hall–Kier alpha value is -2.82. The highest BCUT2D eigenvalue weighted by Crippen LogP contribution is 2.24. The Balaban J connectivity index is 1.86. The molecule has 21 heavy (non-hydrogen) atoms. The van der Waals surface area contributed by atoms with Crippen LogP contribution >= 0.6 is 0 Å². The molecule has 0 saturated heterocycles. The van der Waals surface area contributed by atoms with Crippen molar-refractivity contribution >= 4 is 5.69 Å². The van der Waals surface area contributed by atoms with Crippen molar-refractivity contribution in [2.24, 2.45) is 0 Å². The first-order valence-corrected chi connectivity index (χ1v) is 6.59. The Kier molecular flexibility index (Phi) is 3.31. The summed E-state index contributed by atoms with van der Waals surface area (Å²) in [6.07, 6.45) is 0.547. The lowest BCUT2D eigenvalue weighted by Crippen LogP contribution is -1.91. The van der Waals surface area contributed by atoms with Crippen molar-refractivity contribution in [1.82, 2.24) is 10.1 Å². The molecule has 0 radical (unpaired) electrons. The van der Waals surface area contributed by atoms with E-state index in [2.05, 4.69) is 10.1 Å². The first-order chi connectivity index (χ1) is 10.1. The van der Waals surface area contributed by atoms with Crippen LogP contribution in [0.5, 0.6) is 5.75 Å². The molecular weight excluding hydrogens is 266 g/mol. The second kappa shape index (κ2) is 5.28. The van der Waals surface area contributed by atoms with Gasteiger partial charge in [-0.3, -0.25) is 0 Å². The molecule has 1 aromatic heterocycles. The van der Waals surface area contributed by atoms with Crippen LogP contribution in [0.15, 0.2) is 47.0 Å². The maximum atomic E-state index is 9.27. The fraction of sp³-hybridized carbons (Fsp3) is 0.125. The number of nitrogens with zero attached hydrogens (tertiary/aromatic N) is 2. The summed E-state index contributed by atoms with van der Waals surface area (Å²) in [6.45, 7) is 1.97. The van der Waals surface area contributed by atoms with Gasteiger partial charge in [0.25, 0.3) is 5.89 Å². The lowest BCUT2D eigenvalue weighted by atomic mass is 10.1. The van der Waals surface area contributed by atoms with E-state index in [1.54, 1.807) is 12.1 Å². The van der Waals surface area contributed by atoms with Gasteiger partial charge in [0, 0.05) is 17.7 Å². The summed E-state index contributed by atoms with van der Waals surface area (Å²) in [5.41, 5.74) is 9.34. The van der Waals surface area contributed by atoms with Crippen LogP contribution in [-0.4, -0.2) is 15.2 Å². The monoisotopic (exact) mass is 281 g/mol. The van der Waals surface area contributed by atoms with Gasteiger partial charge in [0.05, 0.1) is 0 Å². The second-order valence-corrected chi connectivity index (χ2v) is 4.93. The standard InChI is InChI=1S/C16H15N3O2/c1-10-2-5-12(17)9-14(10)16-18-15(19-21-16)8-11-3-6-13(20)7-4-11/h2-7,9,20H,8,17H2,1H3. The SMILES string of the molecule is Cc1ccc(N)cc1-c1nc(Cc2ccc(O)cc2)no1. The molecule has 3 rings (SSSR count). The molecule has 1 heterocycles. The zero-order valence-corrected chi connectivity index (χ0v) is 11.6. The predicted octanol–water partition coefficient (Wildman–Crippen LogP) is 2.92. The molecule has 106 valence electrons. The van der Waals surface area contributed by atoms with Gasteiger partial charge in [-0.05, 0) is 42.3 Å². The van der Waals surface area contributed by atoms with Crippen molar-refractivity contribution in [3.05, 3.63) is 59.4 Å². The number of anilines is 1. The van der Waals surface area contributed by atoms with Crippen molar-refractivity contribution in [1.29, 1.82) is 0 Å². The fourth-order valence-corrected chi connectivity index (χ4v) is 2.10. The molecule has 0 aliphatic heterocycles. The van der Waals surface area contributed by atoms with Crippen LogP contribution in [-0.2, 0) is 6.42 Å². The number of phenolic OH excluding ortho intramolecular Hbond substituents is 1. The third-order valence-electron chi connectivity index (χ3n) is 3.26. The molecule has 0 atom stereocenters. The second-order valence-electron chi connectivity index (χ2n) is 4.93. The molecule has 3 aromatic rings. The Bertz CT molecular complexity index is 763. The number of hydrogen-bond donors (Lipinski definition) is 2. The van der Waals surface area contributed by atoms with Crippen LogP contribution in [0.4, 0.5) is 5.69 Å². The quantitative estimate of drug-likeness (QED) is 0.721. The number of phenols is 1. The zero-order valence-electron chi connectivity index (χ0n) is 11.6. The summed E-state index contributed by atoms with van der Waals surface area (Å²) < 4.78 is 5.32. The summed E-state index contributed by atoms with van der Waals surface area (Å²) in [4.78, 5) is 4.40. The minimum Gasteiger partial charge on any atom is -0.508 e. The molecule has 5 nitrogen and oxygen atoms in total. The normalized spacial score (nSPS) is 10.7. The third-order valence-corrected chi connectivity index (χ3v) is 3.26. The van der Waals surface area contributed by atoms with E-state index < -0.39 is 0 Å². The summed E-state index contributed by atoms with van der Waals surface area (Å²) >= 11 is 0. The van der Waals surface area contributed by atoms with E-state index in [9.17, 15) is 5.11 Å². The number of rotatable bonds is 3. The predicted molar refractivity (Wildman–Crippen MR) is 79.8 cm³/mol. The molecular formula is C16H15N3O2. The van der Waals surface area contributed by atoms with Crippen LogP contribution in [0.1, 0.15) is 17.0 Å². The van der Waals surface area contributed by atoms with Gasteiger partial charge in [-0.1, -0.05) is 23.4 Å². The minimum absolute atomic E-state index is 0.239. The topological polar surface area (TPSA) is 85.2 Å². The van der Waals surface area contributed by atoms with Gasteiger partial charge in [0.15, 0.2) is 5.82 Å². The average Bonchev–Trinajstić information content (AvgIpc) is 2.92. The molecule has 0 spiro atoms. The third kappa shape index (κ3) is 2.86. The van der Waals surface area contributed by atoms with Gasteiger partial charge < -0.3 is 15.4 Å². The Labute approximate surface area is 122 Å². The van der Waals surface area contributed by atoms with Crippen molar-refractivity contribution in [2.75, 3.05) is 5.73 Å². The van der Waals surface area contributed by atoms with Gasteiger partial charge in [-0.25, -0.2) is 0 Å². The van der Waals surface area contributed by atoms with Gasteiger partial charge in [0.1, 0.15) is 5.75 Å². The summed E-state index contributed by atoms with van der Waals surface area (Å²) in [5, 5.41) is 13.3. The van der Waals surface area contributed by atoms with E-state index in [0.717, 1.165) is 16.7 Å². The van der Waals surface area contributed by atoms with Crippen LogP contribution in [0.25, 0.3) is 11.5 Å². The highest BCUT2D eigenvalue weighted by molar-refractivity contribution is 5.63. The molecule has 0 aliphatic carbocycles. The van der Waals surface area contributed by atoms with E-state index in [0.29, 0.717) is 23.8 Å². The summed E-state index contributed by atoms with van der Waals surface area (Å²) in [6, 6.07) is 12.5. The molecule has 0 unspecified atom stereocenters. The van der Waals surface area contributed by atoms with E-state index in [1.165, 1.54) is 0 Å². The Morgan fingerprint density at radius 3 is 2.67 bits per heavy atom. The summed E-state index contributed by atoms with van der Waals surface area (Å²) in [7, 11) is 0. The van der Waals surface area contributed by atoms with Crippen molar-refractivity contribution in [3.63, 3.8) is 0 Å². The summed E-state index contributed by atoms with van der Waals surface area (Å²) in [5.74, 6) is 1.30. The molecule has 0 aliphatic rings. The first kappa shape index (κ1) is 13.2. The first-order valence-electron chi connectivity index (χ1n) is 6.59. The molecule has 0 amide bonds. The van der Waals surface area contributed by atoms with Gasteiger partial charge in [-0.2, -0.15) is 4.98 Å². The smallest absolute Gasteiger partial charge is 0.258 e. The van der Waals surface area contributed by atoms with Gasteiger partial charge in [0.2, 0.25) is 0 Å². The average molecular weight is 281 g/mol. The molecule has 2 aromatic carbocycles. The lowest BCUT2D eigenvalue weighted by molar-refractivity contribution is 0.423. The molecule has 5 heteroatoms. The van der Waals surface area contributed by atoms with Crippen molar-refractivity contribution in [3.8, 4) is 17.2 Å². The Morgan fingerprint density at radius 1 is 1.14 bits per heavy atom. The highest BCUT2D eigenvalue weighted by atomic mass is 16.5. The maximum Gasteiger partial charge on any atom is 0.258 e. The van der Waals surface area contributed by atoms with E-state index >= 15 is 0 Å². The molecule has 0 bridgehead atoms. The number of benzene rings is 2. The zero-order chi connectivity index (χ0) is 14.8. The number of aryl methyl sites for hydroxylation is 1. The van der Waals surface area contributed by atoms with Crippen LogP contribution in [0.2, 0.25) is 0 Å². The molecule has 0 saturated carbocycles. The number of nitrogens with two attached hydrogens (primary N) is 1. The van der Waals surface area contributed by atoms with Crippen molar-refractivity contribution < 1.29 is 9.63 Å². The largest absolute Gasteiger partial charge is 0.508 e. The fourth-order valence-electron chi connectivity index (χ4n) is 2.10. The Morgan fingerprint density at radius 2 is 1.90 bits per heavy atom. The number of aromatic hydroxyl groups is 1. The van der Waals surface area contributed by atoms with Crippen LogP contribution in [0.3, 0.4) is 0 Å². The van der Waals surface area contributed by atoms with Crippen LogP contribution in [0, 0.1) is 6.92 Å². The van der Waals surface area contributed by atoms with Gasteiger partial charge in [-0.15, -0.1) is 0 Å². The lowest BCUT2D eigenvalue weighted by Gasteiger charge is -2.01. The highest BCUT2D eigenvalue weighted by Gasteiger charge is 2.12. The van der Waals surface area contributed by atoms with E-state index in [1.807, 2.05) is 37.3 Å². The number of nitrogen functional groups attached to an aromatic ring is 1. The van der Waals surface area contributed by atoms with E-state index in [4.69, 9.17) is 10.3 Å². The van der Waals surface area contributed by atoms with E-state index in [-0.39, 0.29) is 5.75 Å². The van der Waals surface area contributed by atoms with Crippen molar-refractivity contribution in [2.45, 2.75) is 13.3 Å².